The van der Waals surface area contributed by atoms with E-state index in [4.69, 9.17) is 0 Å². The van der Waals surface area contributed by atoms with Gasteiger partial charge in [0.25, 0.3) is 0 Å². The first-order chi connectivity index (χ1) is 26.0. The molecular weight excluding hydrogens is 673 g/mol. The van der Waals surface area contributed by atoms with Crippen LogP contribution < -0.4 is 10.6 Å². The number of benzene rings is 4. The molecule has 5 nitrogen and oxygen atoms in total. The number of hydrogen-bond acceptors (Lipinski definition) is 4. The molecule has 0 heterocycles. The number of carbonyl (C=O) groups excluding carboxylic acids is 3. The first kappa shape index (κ1) is 40.0. The maximum atomic E-state index is 14.5. The molecular formula is C47H58N2O3S. The van der Waals surface area contributed by atoms with Crippen molar-refractivity contribution >= 4 is 29.4 Å². The third-order valence-corrected chi connectivity index (χ3v) is 12.3. The van der Waals surface area contributed by atoms with Crippen LogP contribution in [0.4, 0.5) is 0 Å². The molecule has 2 atom stereocenters. The molecule has 0 aliphatic heterocycles. The lowest BCUT2D eigenvalue weighted by Gasteiger charge is -2.35. The van der Waals surface area contributed by atoms with Gasteiger partial charge in [-0.15, -0.1) is 11.8 Å². The van der Waals surface area contributed by atoms with Gasteiger partial charge in [0, 0.05) is 6.54 Å². The zero-order valence-corrected chi connectivity index (χ0v) is 32.3. The summed E-state index contributed by atoms with van der Waals surface area (Å²) in [6.07, 6.45) is 12.6. The van der Waals surface area contributed by atoms with Gasteiger partial charge < -0.3 is 10.6 Å². The lowest BCUT2D eigenvalue weighted by atomic mass is 9.84. The Kier molecular flexibility index (Phi) is 16.3. The van der Waals surface area contributed by atoms with Gasteiger partial charge in [-0.25, -0.2) is 0 Å². The van der Waals surface area contributed by atoms with Crippen LogP contribution in [0.5, 0.6) is 0 Å². The van der Waals surface area contributed by atoms with E-state index in [0.29, 0.717) is 25.3 Å². The van der Waals surface area contributed by atoms with Gasteiger partial charge in [-0.2, -0.15) is 0 Å². The van der Waals surface area contributed by atoms with Crippen LogP contribution in [-0.4, -0.2) is 35.9 Å². The van der Waals surface area contributed by atoms with Crippen molar-refractivity contribution < 1.29 is 14.4 Å². The number of Topliss-reactive ketones (excluding diaryl/α,β-unsaturated/α-hetero) is 1. The second-order valence-corrected chi connectivity index (χ2v) is 15.8. The predicted octanol–water partition coefficient (Wildman–Crippen LogP) is 10.1. The Morgan fingerprint density at radius 3 is 1.75 bits per heavy atom. The number of unbranched alkanes of at least 4 members (excludes halogenated alkanes) is 4. The van der Waals surface area contributed by atoms with Crippen molar-refractivity contribution in [2.75, 3.05) is 12.3 Å². The smallest absolute Gasteiger partial charge is 0.242 e. The van der Waals surface area contributed by atoms with Crippen LogP contribution in [-0.2, 0) is 25.6 Å². The molecule has 53 heavy (non-hydrogen) atoms. The predicted molar refractivity (Wildman–Crippen MR) is 220 cm³/mol. The van der Waals surface area contributed by atoms with Crippen molar-refractivity contribution in [2.45, 2.75) is 101 Å². The minimum Gasteiger partial charge on any atom is -0.354 e. The summed E-state index contributed by atoms with van der Waals surface area (Å²) in [4.78, 5) is 42.7. The highest BCUT2D eigenvalue weighted by molar-refractivity contribution is 8.01. The van der Waals surface area contributed by atoms with E-state index in [1.807, 2.05) is 72.8 Å². The SMILES string of the molecule is CCCCCCCC(C(=O)CSC(c1ccccc1)(c1ccccc1)c1ccccc1)C(=O)N[C@@H](CC1CCCCC1)C(=O)NCCc1ccccc1. The average molecular weight is 731 g/mol. The van der Waals surface area contributed by atoms with Gasteiger partial charge in [-0.3, -0.25) is 14.4 Å². The molecule has 0 spiro atoms. The van der Waals surface area contributed by atoms with Crippen molar-refractivity contribution in [1.29, 1.82) is 0 Å². The molecule has 4 aromatic rings. The maximum absolute atomic E-state index is 14.5. The molecule has 0 saturated heterocycles. The number of thioether (sulfide) groups is 1. The fourth-order valence-corrected chi connectivity index (χ4v) is 9.26. The van der Waals surface area contributed by atoms with Crippen molar-refractivity contribution in [3.63, 3.8) is 0 Å². The molecule has 0 aromatic heterocycles. The largest absolute Gasteiger partial charge is 0.354 e. The van der Waals surface area contributed by atoms with Gasteiger partial charge >= 0.3 is 0 Å². The molecule has 0 radical (unpaired) electrons. The first-order valence-electron chi connectivity index (χ1n) is 20.0. The lowest BCUT2D eigenvalue weighted by molar-refractivity contribution is -0.136. The van der Waals surface area contributed by atoms with Crippen LogP contribution in [0.25, 0.3) is 0 Å². The van der Waals surface area contributed by atoms with E-state index in [1.165, 1.54) is 6.42 Å². The molecule has 1 saturated carbocycles. The number of amides is 2. The number of carbonyl (C=O) groups is 3. The molecule has 2 N–H and O–H groups in total. The quantitative estimate of drug-likeness (QED) is 0.0509. The lowest BCUT2D eigenvalue weighted by Crippen LogP contribution is -2.51. The fourth-order valence-electron chi connectivity index (χ4n) is 7.80. The van der Waals surface area contributed by atoms with Crippen LogP contribution in [0.2, 0.25) is 0 Å². The third kappa shape index (κ3) is 11.7. The second-order valence-electron chi connectivity index (χ2n) is 14.6. The average Bonchev–Trinajstić information content (AvgIpc) is 3.21. The summed E-state index contributed by atoms with van der Waals surface area (Å²) in [5, 5.41) is 6.27. The third-order valence-electron chi connectivity index (χ3n) is 10.8. The summed E-state index contributed by atoms with van der Waals surface area (Å²) in [5.74, 6) is -0.834. The number of nitrogens with one attached hydrogen (secondary N) is 2. The highest BCUT2D eigenvalue weighted by atomic mass is 32.2. The van der Waals surface area contributed by atoms with Crippen molar-refractivity contribution in [1.82, 2.24) is 10.6 Å². The molecule has 1 aliphatic carbocycles. The summed E-state index contributed by atoms with van der Waals surface area (Å²) < 4.78 is -0.663. The normalized spacial score (nSPS) is 14.6. The van der Waals surface area contributed by atoms with Gasteiger partial charge in [-0.1, -0.05) is 192 Å². The maximum Gasteiger partial charge on any atom is 0.242 e. The summed E-state index contributed by atoms with van der Waals surface area (Å²) in [7, 11) is 0. The van der Waals surface area contributed by atoms with Crippen molar-refractivity contribution in [3.8, 4) is 0 Å². The summed E-state index contributed by atoms with van der Waals surface area (Å²) in [6, 6.07) is 40.5. The van der Waals surface area contributed by atoms with E-state index in [0.717, 1.165) is 86.5 Å². The van der Waals surface area contributed by atoms with Gasteiger partial charge in [-0.05, 0) is 47.4 Å². The Balaban J connectivity index is 1.38. The van der Waals surface area contributed by atoms with Gasteiger partial charge in [0.15, 0.2) is 5.78 Å². The summed E-state index contributed by atoms with van der Waals surface area (Å²) in [6.45, 7) is 2.68. The zero-order chi connectivity index (χ0) is 37.1. The van der Waals surface area contributed by atoms with Crippen LogP contribution in [0, 0.1) is 11.8 Å². The molecule has 1 aliphatic rings. The number of ketones is 1. The molecule has 1 fully saturated rings. The Bertz CT molecular complexity index is 1560. The van der Waals surface area contributed by atoms with E-state index in [-0.39, 0.29) is 23.4 Å². The highest BCUT2D eigenvalue weighted by Gasteiger charge is 2.39. The minimum absolute atomic E-state index is 0.0870. The Morgan fingerprint density at radius 1 is 0.679 bits per heavy atom. The van der Waals surface area contributed by atoms with Gasteiger partial charge in [0.1, 0.15) is 6.04 Å². The molecule has 0 bridgehead atoms. The zero-order valence-electron chi connectivity index (χ0n) is 31.5. The molecule has 4 aromatic carbocycles. The monoisotopic (exact) mass is 730 g/mol. The van der Waals surface area contributed by atoms with E-state index in [2.05, 4.69) is 66.1 Å². The Hall–Kier alpha value is -4.16. The van der Waals surface area contributed by atoms with E-state index >= 15 is 0 Å². The molecule has 5 rings (SSSR count). The number of hydrogen-bond donors (Lipinski definition) is 2. The summed E-state index contributed by atoms with van der Waals surface area (Å²) in [5.41, 5.74) is 4.39. The molecule has 1 unspecified atom stereocenters. The van der Waals surface area contributed by atoms with E-state index in [9.17, 15) is 14.4 Å². The Labute approximate surface area is 322 Å². The van der Waals surface area contributed by atoms with Crippen LogP contribution in [0.15, 0.2) is 121 Å². The van der Waals surface area contributed by atoms with Crippen molar-refractivity contribution in [2.24, 2.45) is 11.8 Å². The van der Waals surface area contributed by atoms with Gasteiger partial charge in [0.2, 0.25) is 11.8 Å². The molecule has 280 valence electrons. The Morgan fingerprint density at radius 2 is 1.21 bits per heavy atom. The standard InChI is InChI=1S/C47H58N2O3S/c1-2-3-4-5-21-32-42(45(51)49-43(35-38-24-13-7-14-25-38)46(52)48-34-33-37-22-11-6-12-23-37)44(50)36-53-47(39-26-15-8-16-27-39,40-28-17-9-18-29-40)41-30-19-10-20-31-41/h6,8-12,15-20,22-23,26-31,38,42-43H,2-5,7,13-14,21,24-25,32-36H2,1H3,(H,48,52)(H,49,51)/t42?,43-/m0/s1. The van der Waals surface area contributed by atoms with Crippen LogP contribution >= 0.6 is 11.8 Å². The fraction of sp³-hybridized carbons (Fsp3) is 0.426. The molecule has 2 amide bonds. The van der Waals surface area contributed by atoms with Crippen LogP contribution in [0.3, 0.4) is 0 Å². The van der Waals surface area contributed by atoms with Crippen LogP contribution in [0.1, 0.15) is 106 Å². The van der Waals surface area contributed by atoms with E-state index < -0.39 is 16.7 Å². The topological polar surface area (TPSA) is 75.3 Å². The second kappa shape index (κ2) is 21.5. The minimum atomic E-state index is -0.824. The number of rotatable bonds is 21. The summed E-state index contributed by atoms with van der Waals surface area (Å²) >= 11 is 1.58. The van der Waals surface area contributed by atoms with E-state index in [1.54, 1.807) is 11.8 Å². The molecule has 6 heteroatoms. The van der Waals surface area contributed by atoms with Gasteiger partial charge in [0.05, 0.1) is 16.4 Å². The highest BCUT2D eigenvalue weighted by Crippen LogP contribution is 2.48. The first-order valence-corrected chi connectivity index (χ1v) is 20.9. The van der Waals surface area contributed by atoms with Crippen molar-refractivity contribution in [3.05, 3.63) is 144 Å².